The maximum Gasteiger partial charge on any atom is 0.344 e. The molecular formula is C27H22INO5S. The van der Waals surface area contributed by atoms with Gasteiger partial charge in [0, 0.05) is 3.57 Å². The molecule has 3 aromatic carbocycles. The van der Waals surface area contributed by atoms with Gasteiger partial charge in [-0.05, 0) is 89.7 Å². The highest BCUT2D eigenvalue weighted by Crippen LogP contribution is 2.35. The highest BCUT2D eigenvalue weighted by atomic mass is 127. The van der Waals surface area contributed by atoms with Crippen molar-refractivity contribution in [2.24, 2.45) is 0 Å². The minimum atomic E-state index is -0.485. The number of aryl methyl sites for hydroxylation is 1. The Morgan fingerprint density at radius 2 is 1.83 bits per heavy atom. The number of carbonyl (C=O) groups excluding carboxylic acids is 3. The van der Waals surface area contributed by atoms with Crippen molar-refractivity contribution in [1.82, 2.24) is 4.90 Å². The number of thioether (sulfide) groups is 1. The first-order valence-corrected chi connectivity index (χ1v) is 12.8. The Bertz CT molecular complexity index is 1340. The van der Waals surface area contributed by atoms with E-state index in [0.29, 0.717) is 28.4 Å². The van der Waals surface area contributed by atoms with Crippen molar-refractivity contribution < 1.29 is 23.9 Å². The zero-order valence-electron chi connectivity index (χ0n) is 19.1. The summed E-state index contributed by atoms with van der Waals surface area (Å²) in [5.41, 5.74) is 3.08. The van der Waals surface area contributed by atoms with Crippen LogP contribution in [0.2, 0.25) is 0 Å². The van der Waals surface area contributed by atoms with E-state index in [1.165, 1.54) is 4.90 Å². The van der Waals surface area contributed by atoms with Crippen LogP contribution in [0.5, 0.6) is 11.5 Å². The van der Waals surface area contributed by atoms with Gasteiger partial charge >= 0.3 is 5.97 Å². The molecule has 3 aromatic rings. The van der Waals surface area contributed by atoms with Crippen LogP contribution in [0.1, 0.15) is 34.0 Å². The lowest BCUT2D eigenvalue weighted by atomic mass is 10.1. The number of hydrogen-bond acceptors (Lipinski definition) is 6. The van der Waals surface area contributed by atoms with E-state index in [0.717, 1.165) is 26.5 Å². The Morgan fingerprint density at radius 1 is 1.03 bits per heavy atom. The molecule has 4 rings (SSSR count). The van der Waals surface area contributed by atoms with E-state index in [9.17, 15) is 14.4 Å². The summed E-state index contributed by atoms with van der Waals surface area (Å²) in [6, 6.07) is 19.9. The topological polar surface area (TPSA) is 72.9 Å². The van der Waals surface area contributed by atoms with E-state index in [2.05, 4.69) is 22.6 Å². The van der Waals surface area contributed by atoms with E-state index < -0.39 is 5.97 Å². The van der Waals surface area contributed by atoms with Crippen molar-refractivity contribution in [2.75, 3.05) is 6.61 Å². The fraction of sp³-hybridized carbons (Fsp3) is 0.148. The van der Waals surface area contributed by atoms with E-state index in [1.54, 1.807) is 36.4 Å². The minimum absolute atomic E-state index is 0.223. The van der Waals surface area contributed by atoms with Gasteiger partial charge in [-0.25, -0.2) is 4.79 Å². The fourth-order valence-corrected chi connectivity index (χ4v) is 4.98. The number of rotatable bonds is 7. The highest BCUT2D eigenvalue weighted by molar-refractivity contribution is 14.1. The smallest absolute Gasteiger partial charge is 0.344 e. The Labute approximate surface area is 221 Å². The molecule has 0 radical (unpaired) electrons. The summed E-state index contributed by atoms with van der Waals surface area (Å²) in [5, 5.41) is -0.309. The predicted octanol–water partition coefficient (Wildman–Crippen LogP) is 6.45. The quantitative estimate of drug-likeness (QED) is 0.135. The van der Waals surface area contributed by atoms with Crippen molar-refractivity contribution >= 4 is 57.5 Å². The molecule has 6 nitrogen and oxygen atoms in total. The summed E-state index contributed by atoms with van der Waals surface area (Å²) in [6.45, 7) is 4.38. The molecule has 8 heteroatoms. The third-order valence-electron chi connectivity index (χ3n) is 5.16. The van der Waals surface area contributed by atoms with E-state index >= 15 is 0 Å². The second kappa shape index (κ2) is 11.1. The molecule has 1 aliphatic heterocycles. The largest absolute Gasteiger partial charge is 0.490 e. The van der Waals surface area contributed by atoms with Gasteiger partial charge in [-0.3, -0.25) is 14.5 Å². The van der Waals surface area contributed by atoms with E-state index in [4.69, 9.17) is 9.47 Å². The zero-order chi connectivity index (χ0) is 24.9. The zero-order valence-corrected chi connectivity index (χ0v) is 22.1. The number of hydrogen-bond donors (Lipinski definition) is 0. The lowest BCUT2D eigenvalue weighted by Crippen LogP contribution is -2.27. The lowest BCUT2D eigenvalue weighted by molar-refractivity contribution is -0.123. The summed E-state index contributed by atoms with van der Waals surface area (Å²) in [7, 11) is 0. The molecule has 0 saturated carbocycles. The molecule has 0 bridgehead atoms. The molecule has 1 heterocycles. The van der Waals surface area contributed by atoms with Crippen LogP contribution >= 0.6 is 34.4 Å². The number of carbonyl (C=O) groups is 3. The number of nitrogens with zero attached hydrogens (tertiary/aromatic N) is 1. The summed E-state index contributed by atoms with van der Waals surface area (Å²) < 4.78 is 12.1. The maximum absolute atomic E-state index is 12.9. The molecule has 1 aliphatic rings. The second-order valence-electron chi connectivity index (χ2n) is 7.77. The van der Waals surface area contributed by atoms with Gasteiger partial charge in [0.2, 0.25) is 0 Å². The van der Waals surface area contributed by atoms with Crippen LogP contribution in [0.25, 0.3) is 6.08 Å². The Balaban J connectivity index is 1.55. The molecule has 0 aromatic heterocycles. The Morgan fingerprint density at radius 3 is 2.57 bits per heavy atom. The molecule has 0 atom stereocenters. The highest BCUT2D eigenvalue weighted by Gasteiger charge is 2.35. The molecule has 1 fully saturated rings. The second-order valence-corrected chi connectivity index (χ2v) is 9.92. The summed E-state index contributed by atoms with van der Waals surface area (Å²) in [6.07, 6.45) is 1.65. The van der Waals surface area contributed by atoms with Gasteiger partial charge in [0.25, 0.3) is 11.1 Å². The summed E-state index contributed by atoms with van der Waals surface area (Å²) in [5.74, 6) is -0.171. The van der Waals surface area contributed by atoms with Gasteiger partial charge in [0.15, 0.2) is 11.5 Å². The van der Waals surface area contributed by atoms with Crippen LogP contribution in [0.3, 0.4) is 0 Å². The summed E-state index contributed by atoms with van der Waals surface area (Å²) >= 11 is 2.99. The number of esters is 1. The first-order valence-electron chi connectivity index (χ1n) is 10.9. The van der Waals surface area contributed by atoms with Crippen LogP contribution in [-0.2, 0) is 11.3 Å². The monoisotopic (exact) mass is 599 g/mol. The molecule has 35 heavy (non-hydrogen) atoms. The number of imide groups is 1. The number of ether oxygens (including phenoxy) is 2. The van der Waals surface area contributed by atoms with Gasteiger partial charge in [-0.1, -0.05) is 48.0 Å². The molecule has 0 N–H and O–H groups in total. The first-order chi connectivity index (χ1) is 16.9. The standard InChI is InChI=1S/C27H22INO5S/c1-3-33-23-14-18(11-12-22(23)34-26(31)20-9-4-5-10-21(20)28)15-24-25(30)29(27(32)35-24)16-19-8-6-7-17(2)13-19/h4-15H,3,16H2,1-2H3/b24-15-. The normalized spacial score (nSPS) is 14.5. The number of amides is 2. The number of halogens is 1. The summed E-state index contributed by atoms with van der Waals surface area (Å²) in [4.78, 5) is 39.7. The maximum atomic E-state index is 12.9. The SMILES string of the molecule is CCOc1cc(/C=C2\SC(=O)N(Cc3cccc(C)c3)C2=O)ccc1OC(=O)c1ccccc1I. The van der Waals surface area contributed by atoms with Crippen molar-refractivity contribution in [1.29, 1.82) is 0 Å². The van der Waals surface area contributed by atoms with Gasteiger partial charge in [-0.15, -0.1) is 0 Å². The van der Waals surface area contributed by atoms with Crippen LogP contribution < -0.4 is 9.47 Å². The average Bonchev–Trinajstić information content (AvgIpc) is 3.08. The first kappa shape index (κ1) is 25.0. The minimum Gasteiger partial charge on any atom is -0.490 e. The molecule has 0 spiro atoms. The van der Waals surface area contributed by atoms with Gasteiger partial charge in [0.05, 0.1) is 23.6 Å². The van der Waals surface area contributed by atoms with Crippen LogP contribution in [0.4, 0.5) is 4.79 Å². The third kappa shape index (κ3) is 5.94. The van der Waals surface area contributed by atoms with Crippen molar-refractivity contribution in [3.8, 4) is 11.5 Å². The van der Waals surface area contributed by atoms with E-state index in [-0.39, 0.29) is 23.4 Å². The van der Waals surface area contributed by atoms with Crippen LogP contribution in [0.15, 0.2) is 71.6 Å². The fourth-order valence-electron chi connectivity index (χ4n) is 3.53. The molecular weight excluding hydrogens is 577 g/mol. The average molecular weight is 599 g/mol. The predicted molar refractivity (Wildman–Crippen MR) is 144 cm³/mol. The van der Waals surface area contributed by atoms with Gasteiger partial charge in [0.1, 0.15) is 0 Å². The number of benzene rings is 3. The van der Waals surface area contributed by atoms with Crippen LogP contribution in [0, 0.1) is 10.5 Å². The van der Waals surface area contributed by atoms with E-state index in [1.807, 2.05) is 50.2 Å². The Kier molecular flexibility index (Phi) is 7.92. The Hall–Kier alpha value is -3.11. The molecule has 0 unspecified atom stereocenters. The lowest BCUT2D eigenvalue weighted by Gasteiger charge is -2.13. The molecule has 1 saturated heterocycles. The van der Waals surface area contributed by atoms with Gasteiger partial charge < -0.3 is 9.47 Å². The molecule has 178 valence electrons. The van der Waals surface area contributed by atoms with Crippen molar-refractivity contribution in [2.45, 2.75) is 20.4 Å². The van der Waals surface area contributed by atoms with Crippen LogP contribution in [-0.4, -0.2) is 28.6 Å². The van der Waals surface area contributed by atoms with Crippen molar-refractivity contribution in [3.05, 3.63) is 97.5 Å². The molecule has 0 aliphatic carbocycles. The third-order valence-corrected chi connectivity index (χ3v) is 7.01. The van der Waals surface area contributed by atoms with Crippen molar-refractivity contribution in [3.63, 3.8) is 0 Å². The van der Waals surface area contributed by atoms with Gasteiger partial charge in [-0.2, -0.15) is 0 Å². The molecule has 2 amide bonds.